The predicted molar refractivity (Wildman–Crippen MR) is 66.9 cm³/mol. The fourth-order valence-corrected chi connectivity index (χ4v) is 1.88. The molecule has 1 fully saturated rings. The molecule has 90 valence electrons. The number of nitrogens with zero attached hydrogens (tertiary/aromatic N) is 1. The van der Waals surface area contributed by atoms with Crippen LogP contribution in [-0.4, -0.2) is 37.0 Å². The quantitative estimate of drug-likeness (QED) is 0.589. The summed E-state index contributed by atoms with van der Waals surface area (Å²) in [4.78, 5) is 14.1. The Labute approximate surface area is 102 Å². The zero-order chi connectivity index (χ0) is 12.1. The van der Waals surface area contributed by atoms with Crippen molar-refractivity contribution >= 4 is 5.78 Å². The maximum Gasteiger partial charge on any atom is 0.187 e. The predicted octanol–water partition coefficient (Wildman–Crippen LogP) is 2.11. The number of hydrogen-bond acceptors (Lipinski definition) is 3. The van der Waals surface area contributed by atoms with Crippen molar-refractivity contribution in [2.24, 2.45) is 0 Å². The summed E-state index contributed by atoms with van der Waals surface area (Å²) >= 11 is 0. The summed E-state index contributed by atoms with van der Waals surface area (Å²) in [5.74, 6) is 0.0644. The highest BCUT2D eigenvalue weighted by atomic mass is 16.5. The number of ketones is 1. The van der Waals surface area contributed by atoms with E-state index in [0.717, 1.165) is 37.6 Å². The molecule has 3 heteroatoms. The number of morpholine rings is 1. The fourth-order valence-electron chi connectivity index (χ4n) is 1.88. The van der Waals surface area contributed by atoms with Crippen molar-refractivity contribution in [3.63, 3.8) is 0 Å². The van der Waals surface area contributed by atoms with E-state index < -0.39 is 0 Å². The lowest BCUT2D eigenvalue weighted by atomic mass is 10.1. The smallest absolute Gasteiger partial charge is 0.187 e. The molecule has 2 rings (SSSR count). The van der Waals surface area contributed by atoms with Crippen LogP contribution in [0.1, 0.15) is 17.3 Å². The molecule has 1 aromatic rings. The lowest BCUT2D eigenvalue weighted by Crippen LogP contribution is -2.35. The van der Waals surface area contributed by atoms with E-state index >= 15 is 0 Å². The Morgan fingerprint density at radius 1 is 1.24 bits per heavy atom. The van der Waals surface area contributed by atoms with Crippen LogP contribution in [-0.2, 0) is 4.74 Å². The van der Waals surface area contributed by atoms with Gasteiger partial charge in [0, 0.05) is 30.4 Å². The molecule has 0 radical (unpaired) electrons. The summed E-state index contributed by atoms with van der Waals surface area (Å²) < 4.78 is 5.29. The molecule has 1 heterocycles. The van der Waals surface area contributed by atoms with Gasteiger partial charge in [0.05, 0.1) is 13.2 Å². The molecule has 0 saturated carbocycles. The molecule has 0 atom stereocenters. The van der Waals surface area contributed by atoms with E-state index in [1.54, 1.807) is 6.08 Å². The number of carbonyl (C=O) groups is 1. The van der Waals surface area contributed by atoms with Crippen molar-refractivity contribution in [2.45, 2.75) is 6.92 Å². The van der Waals surface area contributed by atoms with E-state index in [2.05, 4.69) is 4.90 Å². The Morgan fingerprint density at radius 2 is 1.88 bits per heavy atom. The molecule has 1 aliphatic heterocycles. The van der Waals surface area contributed by atoms with Crippen molar-refractivity contribution in [3.05, 3.63) is 47.7 Å². The lowest BCUT2D eigenvalue weighted by Gasteiger charge is -2.29. The Hall–Kier alpha value is -1.61. The molecular weight excluding hydrogens is 214 g/mol. The molecule has 0 aliphatic carbocycles. The summed E-state index contributed by atoms with van der Waals surface area (Å²) in [5.41, 5.74) is 1.75. The third-order valence-electron chi connectivity index (χ3n) is 2.91. The van der Waals surface area contributed by atoms with E-state index in [1.165, 1.54) is 0 Å². The molecule has 0 amide bonds. The minimum atomic E-state index is 0.0644. The van der Waals surface area contributed by atoms with Gasteiger partial charge in [0.25, 0.3) is 0 Å². The largest absolute Gasteiger partial charge is 0.378 e. The van der Waals surface area contributed by atoms with Crippen molar-refractivity contribution in [2.75, 3.05) is 26.3 Å². The van der Waals surface area contributed by atoms with E-state index in [9.17, 15) is 4.79 Å². The van der Waals surface area contributed by atoms with Gasteiger partial charge in [0.15, 0.2) is 5.78 Å². The number of rotatable bonds is 3. The van der Waals surface area contributed by atoms with E-state index in [-0.39, 0.29) is 5.78 Å². The second kappa shape index (κ2) is 5.64. The van der Waals surface area contributed by atoms with Gasteiger partial charge in [-0.2, -0.15) is 0 Å². The van der Waals surface area contributed by atoms with E-state index in [4.69, 9.17) is 4.74 Å². The van der Waals surface area contributed by atoms with Gasteiger partial charge in [-0.3, -0.25) is 4.79 Å². The molecule has 0 unspecified atom stereocenters. The average molecular weight is 231 g/mol. The number of hydrogen-bond donors (Lipinski definition) is 0. The highest BCUT2D eigenvalue weighted by Gasteiger charge is 2.11. The van der Waals surface area contributed by atoms with Gasteiger partial charge in [0.1, 0.15) is 0 Å². The molecule has 1 aromatic carbocycles. The first-order valence-corrected chi connectivity index (χ1v) is 5.88. The summed E-state index contributed by atoms with van der Waals surface area (Å²) in [6, 6.07) is 9.35. The molecule has 0 N–H and O–H groups in total. The van der Waals surface area contributed by atoms with Gasteiger partial charge >= 0.3 is 0 Å². The molecule has 0 aromatic heterocycles. The van der Waals surface area contributed by atoms with Gasteiger partial charge in [0.2, 0.25) is 0 Å². The van der Waals surface area contributed by atoms with Gasteiger partial charge < -0.3 is 9.64 Å². The van der Waals surface area contributed by atoms with Crippen LogP contribution in [0, 0.1) is 0 Å². The molecule has 1 aliphatic rings. The van der Waals surface area contributed by atoms with Crippen LogP contribution < -0.4 is 0 Å². The van der Waals surface area contributed by atoms with Crippen molar-refractivity contribution in [1.29, 1.82) is 0 Å². The van der Waals surface area contributed by atoms with Gasteiger partial charge in [-0.15, -0.1) is 0 Å². The summed E-state index contributed by atoms with van der Waals surface area (Å²) in [6.45, 7) is 5.19. The third kappa shape index (κ3) is 3.17. The number of carbonyl (C=O) groups excluding carboxylic acids is 1. The van der Waals surface area contributed by atoms with Crippen LogP contribution in [0.4, 0.5) is 0 Å². The number of allylic oxidation sites excluding steroid dienone is 2. The van der Waals surface area contributed by atoms with Crippen LogP contribution in [0.25, 0.3) is 0 Å². The zero-order valence-corrected chi connectivity index (χ0v) is 10.1. The van der Waals surface area contributed by atoms with Gasteiger partial charge in [-0.25, -0.2) is 0 Å². The Kier molecular flexibility index (Phi) is 3.94. The van der Waals surface area contributed by atoms with Crippen LogP contribution >= 0.6 is 0 Å². The first-order valence-electron chi connectivity index (χ1n) is 5.88. The fraction of sp³-hybridized carbons (Fsp3) is 0.357. The highest BCUT2D eigenvalue weighted by molar-refractivity contribution is 6.04. The van der Waals surface area contributed by atoms with Crippen LogP contribution in [0.5, 0.6) is 0 Å². The SMILES string of the molecule is C/C(=C/C(=O)c1ccccc1)N1CCOCC1. The maximum atomic E-state index is 12.0. The standard InChI is InChI=1S/C14H17NO2/c1-12(15-7-9-17-10-8-15)11-14(16)13-5-3-2-4-6-13/h2-6,11H,7-10H2,1H3/b12-11-. The Balaban J connectivity index is 2.05. The van der Waals surface area contributed by atoms with Crippen molar-refractivity contribution in [3.8, 4) is 0 Å². The van der Waals surface area contributed by atoms with Gasteiger partial charge in [-0.1, -0.05) is 30.3 Å². The highest BCUT2D eigenvalue weighted by Crippen LogP contribution is 2.09. The van der Waals surface area contributed by atoms with Gasteiger partial charge in [-0.05, 0) is 6.92 Å². The molecule has 3 nitrogen and oxygen atoms in total. The lowest BCUT2D eigenvalue weighted by molar-refractivity contribution is 0.0534. The second-order valence-corrected chi connectivity index (χ2v) is 4.12. The van der Waals surface area contributed by atoms with Crippen LogP contribution in [0.3, 0.4) is 0 Å². The minimum absolute atomic E-state index is 0.0644. The van der Waals surface area contributed by atoms with Crippen molar-refractivity contribution in [1.82, 2.24) is 4.90 Å². The first kappa shape index (κ1) is 11.9. The zero-order valence-electron chi connectivity index (χ0n) is 10.1. The van der Waals surface area contributed by atoms with Crippen LogP contribution in [0.15, 0.2) is 42.1 Å². The molecule has 1 saturated heterocycles. The molecule has 0 bridgehead atoms. The van der Waals surface area contributed by atoms with E-state index in [1.807, 2.05) is 37.3 Å². The van der Waals surface area contributed by atoms with Crippen LogP contribution in [0.2, 0.25) is 0 Å². The Bertz CT molecular complexity index is 405. The summed E-state index contributed by atoms with van der Waals surface area (Å²) in [6.07, 6.45) is 1.71. The Morgan fingerprint density at radius 3 is 2.53 bits per heavy atom. The second-order valence-electron chi connectivity index (χ2n) is 4.12. The molecular formula is C14H17NO2. The summed E-state index contributed by atoms with van der Waals surface area (Å²) in [5, 5.41) is 0. The molecule has 17 heavy (non-hydrogen) atoms. The summed E-state index contributed by atoms with van der Waals surface area (Å²) in [7, 11) is 0. The first-order chi connectivity index (χ1) is 8.27. The normalized spacial score (nSPS) is 17.0. The monoisotopic (exact) mass is 231 g/mol. The molecule has 0 spiro atoms. The number of benzene rings is 1. The minimum Gasteiger partial charge on any atom is -0.378 e. The number of ether oxygens (including phenoxy) is 1. The van der Waals surface area contributed by atoms with E-state index in [0.29, 0.717) is 0 Å². The average Bonchev–Trinajstić information content (AvgIpc) is 2.40. The topological polar surface area (TPSA) is 29.5 Å². The van der Waals surface area contributed by atoms with Crippen molar-refractivity contribution < 1.29 is 9.53 Å². The third-order valence-corrected chi connectivity index (χ3v) is 2.91. The maximum absolute atomic E-state index is 12.0.